The quantitative estimate of drug-likeness (QED) is 0.588. The lowest BCUT2D eigenvalue weighted by Gasteiger charge is -2.12. The Morgan fingerprint density at radius 2 is 2.30 bits per heavy atom. The minimum absolute atomic E-state index is 0.534. The fraction of sp³-hybridized carbons (Fsp3) is 1.00. The molecule has 1 heteroatoms. The molecule has 1 saturated heterocycles. The van der Waals surface area contributed by atoms with Crippen LogP contribution in [0.2, 0.25) is 0 Å². The molecule has 0 radical (unpaired) electrons. The van der Waals surface area contributed by atoms with Gasteiger partial charge in [-0.2, -0.15) is 0 Å². The Kier molecular flexibility index (Phi) is 3.20. The fourth-order valence-corrected chi connectivity index (χ4v) is 1.62. The molecule has 60 valence electrons. The van der Waals surface area contributed by atoms with E-state index in [-0.39, 0.29) is 0 Å². The van der Waals surface area contributed by atoms with Crippen LogP contribution in [-0.4, -0.2) is 12.7 Å². The second-order valence-electron chi connectivity index (χ2n) is 3.27. The van der Waals surface area contributed by atoms with E-state index in [2.05, 4.69) is 13.8 Å². The van der Waals surface area contributed by atoms with Gasteiger partial charge in [0.2, 0.25) is 0 Å². The van der Waals surface area contributed by atoms with E-state index in [1.165, 1.54) is 25.7 Å². The first kappa shape index (κ1) is 8.06. The van der Waals surface area contributed by atoms with E-state index in [0.29, 0.717) is 6.10 Å². The SMILES string of the molecule is CCCCC1CCOC1C. The summed E-state index contributed by atoms with van der Waals surface area (Å²) in [5.74, 6) is 0.861. The molecular formula is C9H18O. The van der Waals surface area contributed by atoms with E-state index in [4.69, 9.17) is 4.74 Å². The summed E-state index contributed by atoms with van der Waals surface area (Å²) in [5.41, 5.74) is 0. The molecule has 0 aromatic rings. The molecule has 0 aromatic carbocycles. The zero-order valence-electron chi connectivity index (χ0n) is 7.10. The molecule has 0 aliphatic carbocycles. The summed E-state index contributed by atoms with van der Waals surface area (Å²) in [4.78, 5) is 0. The van der Waals surface area contributed by atoms with E-state index in [1.807, 2.05) is 0 Å². The zero-order chi connectivity index (χ0) is 7.40. The smallest absolute Gasteiger partial charge is 0.0575 e. The van der Waals surface area contributed by atoms with Gasteiger partial charge >= 0.3 is 0 Å². The van der Waals surface area contributed by atoms with Crippen LogP contribution in [0.15, 0.2) is 0 Å². The summed E-state index contributed by atoms with van der Waals surface area (Å²) in [5, 5.41) is 0. The highest BCUT2D eigenvalue weighted by molar-refractivity contribution is 4.71. The van der Waals surface area contributed by atoms with Gasteiger partial charge in [-0.25, -0.2) is 0 Å². The van der Waals surface area contributed by atoms with Crippen LogP contribution in [0, 0.1) is 5.92 Å². The van der Waals surface area contributed by atoms with Crippen molar-refractivity contribution in [2.24, 2.45) is 5.92 Å². The first-order valence-electron chi connectivity index (χ1n) is 4.46. The molecule has 1 aliphatic heterocycles. The number of rotatable bonds is 3. The number of ether oxygens (including phenoxy) is 1. The van der Waals surface area contributed by atoms with Crippen LogP contribution in [0.25, 0.3) is 0 Å². The lowest BCUT2D eigenvalue weighted by atomic mass is 9.96. The Labute approximate surface area is 63.8 Å². The highest BCUT2D eigenvalue weighted by Crippen LogP contribution is 2.25. The summed E-state index contributed by atoms with van der Waals surface area (Å²) in [6.07, 6.45) is 5.90. The minimum atomic E-state index is 0.534. The molecule has 0 aromatic heterocycles. The molecule has 1 heterocycles. The molecule has 0 saturated carbocycles. The third-order valence-electron chi connectivity index (χ3n) is 2.46. The van der Waals surface area contributed by atoms with Gasteiger partial charge in [0.15, 0.2) is 0 Å². The normalized spacial score (nSPS) is 33.0. The van der Waals surface area contributed by atoms with Crippen molar-refractivity contribution in [1.82, 2.24) is 0 Å². The molecule has 1 fully saturated rings. The van der Waals surface area contributed by atoms with Crippen LogP contribution in [-0.2, 0) is 4.74 Å². The van der Waals surface area contributed by atoms with Gasteiger partial charge in [0, 0.05) is 6.61 Å². The van der Waals surface area contributed by atoms with Gasteiger partial charge in [-0.1, -0.05) is 19.8 Å². The van der Waals surface area contributed by atoms with Gasteiger partial charge in [-0.15, -0.1) is 0 Å². The first-order chi connectivity index (χ1) is 4.84. The molecule has 1 nitrogen and oxygen atoms in total. The lowest BCUT2D eigenvalue weighted by molar-refractivity contribution is 0.103. The monoisotopic (exact) mass is 142 g/mol. The molecule has 1 aliphatic rings. The van der Waals surface area contributed by atoms with Crippen molar-refractivity contribution < 1.29 is 4.74 Å². The predicted octanol–water partition coefficient (Wildman–Crippen LogP) is 2.60. The Balaban J connectivity index is 2.14. The van der Waals surface area contributed by atoms with Crippen LogP contribution < -0.4 is 0 Å². The van der Waals surface area contributed by atoms with E-state index >= 15 is 0 Å². The van der Waals surface area contributed by atoms with Crippen LogP contribution in [0.5, 0.6) is 0 Å². The third-order valence-corrected chi connectivity index (χ3v) is 2.46. The Bertz CT molecular complexity index is 90.7. The summed E-state index contributed by atoms with van der Waals surface area (Å²) < 4.78 is 5.46. The molecule has 0 bridgehead atoms. The van der Waals surface area contributed by atoms with E-state index < -0.39 is 0 Å². The van der Waals surface area contributed by atoms with Crippen molar-refractivity contribution in [2.75, 3.05) is 6.61 Å². The van der Waals surface area contributed by atoms with Crippen molar-refractivity contribution in [3.8, 4) is 0 Å². The fourth-order valence-electron chi connectivity index (χ4n) is 1.62. The summed E-state index contributed by atoms with van der Waals surface area (Å²) >= 11 is 0. The van der Waals surface area contributed by atoms with Crippen molar-refractivity contribution in [2.45, 2.75) is 45.6 Å². The molecule has 2 atom stereocenters. The van der Waals surface area contributed by atoms with Crippen LogP contribution in [0.4, 0.5) is 0 Å². The number of hydrogen-bond acceptors (Lipinski definition) is 1. The van der Waals surface area contributed by atoms with Gasteiger partial charge in [-0.05, 0) is 25.7 Å². The highest BCUT2D eigenvalue weighted by atomic mass is 16.5. The average molecular weight is 142 g/mol. The minimum Gasteiger partial charge on any atom is -0.378 e. The van der Waals surface area contributed by atoms with Crippen molar-refractivity contribution >= 4 is 0 Å². The van der Waals surface area contributed by atoms with Gasteiger partial charge < -0.3 is 4.74 Å². The predicted molar refractivity (Wildman–Crippen MR) is 43.0 cm³/mol. The van der Waals surface area contributed by atoms with Crippen molar-refractivity contribution in [3.05, 3.63) is 0 Å². The maximum Gasteiger partial charge on any atom is 0.0575 e. The summed E-state index contributed by atoms with van der Waals surface area (Å²) in [6.45, 7) is 5.45. The standard InChI is InChI=1S/C9H18O/c1-3-4-5-9-6-7-10-8(9)2/h8-9H,3-7H2,1-2H3. The van der Waals surface area contributed by atoms with Crippen molar-refractivity contribution in [3.63, 3.8) is 0 Å². The second-order valence-corrected chi connectivity index (χ2v) is 3.27. The van der Waals surface area contributed by atoms with Crippen molar-refractivity contribution in [1.29, 1.82) is 0 Å². The third kappa shape index (κ3) is 1.98. The van der Waals surface area contributed by atoms with Crippen LogP contribution >= 0.6 is 0 Å². The maximum atomic E-state index is 5.46. The molecule has 10 heavy (non-hydrogen) atoms. The molecule has 0 N–H and O–H groups in total. The Morgan fingerprint density at radius 1 is 1.50 bits per heavy atom. The largest absolute Gasteiger partial charge is 0.378 e. The van der Waals surface area contributed by atoms with E-state index in [0.717, 1.165) is 12.5 Å². The van der Waals surface area contributed by atoms with Crippen LogP contribution in [0.3, 0.4) is 0 Å². The van der Waals surface area contributed by atoms with Gasteiger partial charge in [0.05, 0.1) is 6.10 Å². The van der Waals surface area contributed by atoms with Gasteiger partial charge in [0.25, 0.3) is 0 Å². The van der Waals surface area contributed by atoms with Crippen LogP contribution in [0.1, 0.15) is 39.5 Å². The Hall–Kier alpha value is -0.0400. The highest BCUT2D eigenvalue weighted by Gasteiger charge is 2.22. The Morgan fingerprint density at radius 3 is 2.80 bits per heavy atom. The zero-order valence-corrected chi connectivity index (χ0v) is 7.10. The molecule has 0 amide bonds. The molecular weight excluding hydrogens is 124 g/mol. The molecule has 1 rings (SSSR count). The maximum absolute atomic E-state index is 5.46. The first-order valence-corrected chi connectivity index (χ1v) is 4.46. The number of hydrogen-bond donors (Lipinski definition) is 0. The molecule has 0 spiro atoms. The molecule has 2 unspecified atom stereocenters. The van der Waals surface area contributed by atoms with E-state index in [9.17, 15) is 0 Å². The second kappa shape index (κ2) is 3.97. The summed E-state index contributed by atoms with van der Waals surface area (Å²) in [7, 11) is 0. The lowest BCUT2D eigenvalue weighted by Crippen LogP contribution is -2.10. The number of unbranched alkanes of at least 4 members (excludes halogenated alkanes) is 1. The summed E-state index contributed by atoms with van der Waals surface area (Å²) in [6, 6.07) is 0. The van der Waals surface area contributed by atoms with Gasteiger partial charge in [-0.3, -0.25) is 0 Å². The van der Waals surface area contributed by atoms with E-state index in [1.54, 1.807) is 0 Å². The average Bonchev–Trinajstić information content (AvgIpc) is 2.31. The topological polar surface area (TPSA) is 9.23 Å². The van der Waals surface area contributed by atoms with Gasteiger partial charge in [0.1, 0.15) is 0 Å².